The minimum Gasteiger partial charge on any atom is -0.316 e. The van der Waals surface area contributed by atoms with Gasteiger partial charge in [-0.15, -0.1) is 11.8 Å². The van der Waals surface area contributed by atoms with Crippen molar-refractivity contribution in [3.63, 3.8) is 0 Å². The summed E-state index contributed by atoms with van der Waals surface area (Å²) in [4.78, 5) is 1.18. The van der Waals surface area contributed by atoms with Crippen LogP contribution in [0.1, 0.15) is 33.6 Å². The van der Waals surface area contributed by atoms with E-state index in [0.29, 0.717) is 11.5 Å². The van der Waals surface area contributed by atoms with Crippen LogP contribution in [0.4, 0.5) is 0 Å². The van der Waals surface area contributed by atoms with Gasteiger partial charge in [-0.25, -0.2) is 0 Å². The van der Waals surface area contributed by atoms with Crippen LogP contribution in [-0.4, -0.2) is 18.8 Å². The molecule has 0 spiro atoms. The predicted molar refractivity (Wildman–Crippen MR) is 83.7 cm³/mol. The second-order valence-corrected chi connectivity index (χ2v) is 7.30. The minimum absolute atomic E-state index is 0.407. The van der Waals surface area contributed by atoms with E-state index in [0.717, 1.165) is 10.8 Å². The summed E-state index contributed by atoms with van der Waals surface area (Å²) in [6.07, 6.45) is 2.44. The Balaban J connectivity index is 2.43. The molecule has 0 bridgehead atoms. The molecule has 0 saturated carbocycles. The molecular formula is C15H24ClNS. The van der Waals surface area contributed by atoms with Gasteiger partial charge in [0.1, 0.15) is 0 Å². The van der Waals surface area contributed by atoms with Gasteiger partial charge in [0.25, 0.3) is 0 Å². The van der Waals surface area contributed by atoms with Crippen molar-refractivity contribution in [2.45, 2.75) is 44.6 Å². The Labute approximate surface area is 121 Å². The molecule has 0 aliphatic rings. The molecule has 1 aromatic rings. The molecule has 3 heteroatoms. The molecule has 0 aliphatic heterocycles. The molecule has 1 atom stereocenters. The lowest BCUT2D eigenvalue weighted by atomic mass is 9.89. The fourth-order valence-electron chi connectivity index (χ4n) is 1.67. The maximum atomic E-state index is 6.16. The Hall–Kier alpha value is -0.180. The van der Waals surface area contributed by atoms with Crippen LogP contribution in [0.2, 0.25) is 5.02 Å². The molecule has 0 aromatic heterocycles. The zero-order valence-corrected chi connectivity index (χ0v) is 13.4. The zero-order valence-electron chi connectivity index (χ0n) is 11.8. The van der Waals surface area contributed by atoms with Crippen molar-refractivity contribution in [2.75, 3.05) is 12.8 Å². The van der Waals surface area contributed by atoms with Crippen LogP contribution in [0.3, 0.4) is 0 Å². The van der Waals surface area contributed by atoms with E-state index in [1.807, 2.05) is 37.0 Å². The number of hydrogen-bond donors (Lipinski definition) is 1. The van der Waals surface area contributed by atoms with Crippen molar-refractivity contribution in [3.8, 4) is 0 Å². The van der Waals surface area contributed by atoms with Gasteiger partial charge < -0.3 is 5.32 Å². The summed E-state index contributed by atoms with van der Waals surface area (Å²) in [5.74, 6) is 1.07. The lowest BCUT2D eigenvalue weighted by molar-refractivity contribution is 0.343. The van der Waals surface area contributed by atoms with Crippen molar-refractivity contribution in [1.82, 2.24) is 5.32 Å². The van der Waals surface area contributed by atoms with Crippen LogP contribution in [0.25, 0.3) is 0 Å². The molecule has 1 N–H and O–H groups in total. The first-order valence-corrected chi connectivity index (χ1v) is 7.83. The normalized spacial score (nSPS) is 13.6. The summed E-state index contributed by atoms with van der Waals surface area (Å²) >= 11 is 8.00. The van der Waals surface area contributed by atoms with Crippen molar-refractivity contribution in [1.29, 1.82) is 0 Å². The second-order valence-electron chi connectivity index (χ2n) is 5.83. The van der Waals surface area contributed by atoms with Crippen molar-refractivity contribution in [3.05, 3.63) is 29.3 Å². The van der Waals surface area contributed by atoms with E-state index in [1.54, 1.807) is 0 Å². The van der Waals surface area contributed by atoms with E-state index < -0.39 is 0 Å². The molecule has 0 fully saturated rings. The fourth-order valence-corrected chi connectivity index (χ4v) is 3.06. The van der Waals surface area contributed by atoms with Gasteiger partial charge in [-0.2, -0.15) is 0 Å². The van der Waals surface area contributed by atoms with Gasteiger partial charge in [0.15, 0.2) is 0 Å². The molecular weight excluding hydrogens is 262 g/mol. The third-order valence-electron chi connectivity index (χ3n) is 2.93. The van der Waals surface area contributed by atoms with Crippen LogP contribution < -0.4 is 5.32 Å². The smallest absolute Gasteiger partial charge is 0.0541 e. The monoisotopic (exact) mass is 285 g/mol. The van der Waals surface area contributed by atoms with E-state index in [-0.39, 0.29) is 0 Å². The maximum Gasteiger partial charge on any atom is 0.0541 e. The van der Waals surface area contributed by atoms with Gasteiger partial charge >= 0.3 is 0 Å². The molecule has 0 radical (unpaired) electrons. The number of rotatable bonds is 6. The number of nitrogens with one attached hydrogen (secondary N) is 1. The van der Waals surface area contributed by atoms with Crippen molar-refractivity contribution < 1.29 is 0 Å². The van der Waals surface area contributed by atoms with E-state index in [2.05, 4.69) is 32.2 Å². The fraction of sp³-hybridized carbons (Fsp3) is 0.600. The van der Waals surface area contributed by atoms with Gasteiger partial charge in [0.05, 0.1) is 5.02 Å². The Bertz CT molecular complexity index is 360. The SMILES string of the molecule is CNC(CCC(C)(C)C)CSc1ccccc1Cl. The van der Waals surface area contributed by atoms with Crippen LogP contribution in [0, 0.1) is 5.41 Å². The van der Waals surface area contributed by atoms with Crippen molar-refractivity contribution in [2.24, 2.45) is 5.41 Å². The molecule has 1 aromatic carbocycles. The molecule has 0 saturated heterocycles. The average Bonchev–Trinajstić information content (AvgIpc) is 2.30. The summed E-state index contributed by atoms with van der Waals surface area (Å²) in [6.45, 7) is 6.88. The van der Waals surface area contributed by atoms with Crippen LogP contribution in [-0.2, 0) is 0 Å². The topological polar surface area (TPSA) is 12.0 Å². The molecule has 0 aliphatic carbocycles. The van der Waals surface area contributed by atoms with Gasteiger partial charge in [-0.3, -0.25) is 0 Å². The molecule has 18 heavy (non-hydrogen) atoms. The number of hydrogen-bond acceptors (Lipinski definition) is 2. The van der Waals surface area contributed by atoms with E-state index in [1.165, 1.54) is 17.7 Å². The Kier molecular flexibility index (Phi) is 6.54. The molecule has 102 valence electrons. The quantitative estimate of drug-likeness (QED) is 0.750. The lowest BCUT2D eigenvalue weighted by Gasteiger charge is -2.22. The largest absolute Gasteiger partial charge is 0.316 e. The first-order valence-electron chi connectivity index (χ1n) is 6.47. The Morgan fingerprint density at radius 3 is 2.50 bits per heavy atom. The molecule has 1 rings (SSSR count). The highest BCUT2D eigenvalue weighted by Crippen LogP contribution is 2.28. The molecule has 0 heterocycles. The summed E-state index contributed by atoms with van der Waals surface area (Å²) in [7, 11) is 2.04. The maximum absolute atomic E-state index is 6.16. The minimum atomic E-state index is 0.407. The predicted octanol–water partition coefficient (Wildman–Crippen LogP) is 4.85. The van der Waals surface area contributed by atoms with Crippen LogP contribution in [0.15, 0.2) is 29.2 Å². The lowest BCUT2D eigenvalue weighted by Crippen LogP contribution is -2.29. The van der Waals surface area contributed by atoms with E-state index >= 15 is 0 Å². The molecule has 0 amide bonds. The third-order valence-corrected chi connectivity index (χ3v) is 4.61. The number of benzene rings is 1. The first kappa shape index (κ1) is 15.9. The number of thioether (sulfide) groups is 1. The highest BCUT2D eigenvalue weighted by Gasteiger charge is 2.14. The summed E-state index contributed by atoms with van der Waals surface area (Å²) in [5.41, 5.74) is 0.407. The van der Waals surface area contributed by atoms with Crippen molar-refractivity contribution >= 4 is 23.4 Å². The first-order chi connectivity index (χ1) is 8.42. The molecule has 1 nitrogen and oxygen atoms in total. The molecule has 1 unspecified atom stereocenters. The average molecular weight is 286 g/mol. The van der Waals surface area contributed by atoms with E-state index in [9.17, 15) is 0 Å². The second kappa shape index (κ2) is 7.42. The van der Waals surface area contributed by atoms with Crippen LogP contribution >= 0.6 is 23.4 Å². The number of halogens is 1. The highest BCUT2D eigenvalue weighted by molar-refractivity contribution is 7.99. The highest BCUT2D eigenvalue weighted by atomic mass is 35.5. The van der Waals surface area contributed by atoms with Gasteiger partial charge in [-0.1, -0.05) is 44.5 Å². The summed E-state index contributed by atoms with van der Waals surface area (Å²) < 4.78 is 0. The third kappa shape index (κ3) is 6.12. The Morgan fingerprint density at radius 2 is 1.94 bits per heavy atom. The van der Waals surface area contributed by atoms with Gasteiger partial charge in [0, 0.05) is 16.7 Å². The Morgan fingerprint density at radius 1 is 1.28 bits per heavy atom. The van der Waals surface area contributed by atoms with E-state index in [4.69, 9.17) is 11.6 Å². The standard InChI is InChI=1S/C15H24ClNS/c1-15(2,3)10-9-12(17-4)11-18-14-8-6-5-7-13(14)16/h5-8,12,17H,9-11H2,1-4H3. The van der Waals surface area contributed by atoms with Crippen LogP contribution in [0.5, 0.6) is 0 Å². The summed E-state index contributed by atoms with van der Waals surface area (Å²) in [5, 5.41) is 4.26. The zero-order chi connectivity index (χ0) is 13.6. The summed E-state index contributed by atoms with van der Waals surface area (Å²) in [6, 6.07) is 8.60. The van der Waals surface area contributed by atoms with Gasteiger partial charge in [-0.05, 0) is 37.4 Å². The van der Waals surface area contributed by atoms with Gasteiger partial charge in [0.2, 0.25) is 0 Å².